The van der Waals surface area contributed by atoms with Crippen LogP contribution in [0.2, 0.25) is 0 Å². The Labute approximate surface area is 175 Å². The Morgan fingerprint density at radius 3 is 2.27 bits per heavy atom. The van der Waals surface area contributed by atoms with Gasteiger partial charge in [0.1, 0.15) is 0 Å². The van der Waals surface area contributed by atoms with E-state index in [9.17, 15) is 4.79 Å². The van der Waals surface area contributed by atoms with Crippen molar-refractivity contribution in [1.82, 2.24) is 10.3 Å². The third-order valence-corrected chi connectivity index (χ3v) is 4.72. The molecule has 1 unspecified atom stereocenters. The number of nitrogens with zero attached hydrogens (tertiary/aromatic N) is 1. The van der Waals surface area contributed by atoms with Gasteiger partial charge in [0.2, 0.25) is 5.75 Å². The average molecular weight is 410 g/mol. The van der Waals surface area contributed by atoms with Gasteiger partial charge in [0, 0.05) is 24.1 Å². The number of benzene rings is 2. The number of hydrogen-bond donors (Lipinski definition) is 1. The second-order valence-corrected chi connectivity index (χ2v) is 6.82. The fourth-order valence-corrected chi connectivity index (χ4v) is 3.33. The Morgan fingerprint density at radius 1 is 1.00 bits per heavy atom. The molecule has 0 bridgehead atoms. The largest absolute Gasteiger partial charge is 0.493 e. The van der Waals surface area contributed by atoms with E-state index in [1.165, 1.54) is 0 Å². The first kappa shape index (κ1) is 21.4. The minimum Gasteiger partial charge on any atom is -0.493 e. The van der Waals surface area contributed by atoms with Gasteiger partial charge in [-0.05, 0) is 31.2 Å². The summed E-state index contributed by atoms with van der Waals surface area (Å²) in [5.41, 5.74) is 2.62. The molecule has 158 valence electrons. The molecule has 0 radical (unpaired) electrons. The maximum Gasteiger partial charge on any atom is 0.252 e. The van der Waals surface area contributed by atoms with Gasteiger partial charge in [0.05, 0.1) is 44.7 Å². The van der Waals surface area contributed by atoms with Gasteiger partial charge in [-0.25, -0.2) is 4.98 Å². The lowest BCUT2D eigenvalue weighted by molar-refractivity contribution is 0.0907. The quantitative estimate of drug-likeness (QED) is 0.610. The lowest BCUT2D eigenvalue weighted by atomic mass is 10.0. The molecule has 0 fully saturated rings. The first-order valence-corrected chi connectivity index (χ1v) is 9.52. The Balaban J connectivity index is 2.15. The van der Waals surface area contributed by atoms with Crippen LogP contribution in [0.4, 0.5) is 0 Å². The van der Waals surface area contributed by atoms with Crippen molar-refractivity contribution in [3.63, 3.8) is 0 Å². The van der Waals surface area contributed by atoms with Crippen LogP contribution in [-0.2, 0) is 4.74 Å². The third-order valence-electron chi connectivity index (χ3n) is 4.72. The van der Waals surface area contributed by atoms with Gasteiger partial charge in [-0.15, -0.1) is 0 Å². The number of nitrogens with one attached hydrogen (secondary N) is 1. The molecule has 0 spiro atoms. The highest BCUT2D eigenvalue weighted by molar-refractivity contribution is 6.07. The number of carbonyl (C=O) groups excluding carboxylic acids is 1. The Kier molecular flexibility index (Phi) is 6.74. The van der Waals surface area contributed by atoms with Crippen LogP contribution in [0.1, 0.15) is 17.3 Å². The van der Waals surface area contributed by atoms with Gasteiger partial charge in [0.15, 0.2) is 11.5 Å². The van der Waals surface area contributed by atoms with Gasteiger partial charge in [-0.1, -0.05) is 18.2 Å². The van der Waals surface area contributed by atoms with Gasteiger partial charge >= 0.3 is 0 Å². The van der Waals surface area contributed by atoms with Crippen molar-refractivity contribution < 1.29 is 23.7 Å². The lowest BCUT2D eigenvalue weighted by Crippen LogP contribution is -2.35. The highest BCUT2D eigenvalue weighted by Gasteiger charge is 2.19. The van der Waals surface area contributed by atoms with Crippen molar-refractivity contribution in [2.75, 3.05) is 35.0 Å². The highest BCUT2D eigenvalue weighted by Crippen LogP contribution is 2.41. The number of pyridine rings is 1. The molecule has 3 aromatic rings. The molecular weight excluding hydrogens is 384 g/mol. The zero-order valence-corrected chi connectivity index (χ0v) is 17.8. The van der Waals surface area contributed by atoms with Gasteiger partial charge in [-0.3, -0.25) is 4.79 Å². The maximum absolute atomic E-state index is 13.0. The summed E-state index contributed by atoms with van der Waals surface area (Å²) in [4.78, 5) is 17.8. The van der Waals surface area contributed by atoms with E-state index in [0.29, 0.717) is 40.6 Å². The molecule has 1 N–H and O–H groups in total. The number of ether oxygens (including phenoxy) is 4. The predicted octanol–water partition coefficient (Wildman–Crippen LogP) is 3.69. The number of aromatic nitrogens is 1. The van der Waals surface area contributed by atoms with E-state index in [0.717, 1.165) is 10.9 Å². The van der Waals surface area contributed by atoms with Gasteiger partial charge in [-0.2, -0.15) is 0 Å². The van der Waals surface area contributed by atoms with Crippen molar-refractivity contribution in [1.29, 1.82) is 0 Å². The van der Waals surface area contributed by atoms with E-state index in [-0.39, 0.29) is 11.9 Å². The Bertz CT molecular complexity index is 1030. The lowest BCUT2D eigenvalue weighted by Gasteiger charge is -2.16. The highest BCUT2D eigenvalue weighted by atomic mass is 16.5. The van der Waals surface area contributed by atoms with Gasteiger partial charge < -0.3 is 24.3 Å². The van der Waals surface area contributed by atoms with Crippen LogP contribution in [0, 0.1) is 0 Å². The van der Waals surface area contributed by atoms with Crippen molar-refractivity contribution in [2.45, 2.75) is 13.0 Å². The summed E-state index contributed by atoms with van der Waals surface area (Å²) in [5, 5.41) is 3.74. The molecule has 30 heavy (non-hydrogen) atoms. The second kappa shape index (κ2) is 9.45. The van der Waals surface area contributed by atoms with E-state index < -0.39 is 0 Å². The summed E-state index contributed by atoms with van der Waals surface area (Å²) in [7, 11) is 6.28. The van der Waals surface area contributed by atoms with E-state index in [1.807, 2.05) is 43.3 Å². The summed E-state index contributed by atoms with van der Waals surface area (Å²) >= 11 is 0. The fourth-order valence-electron chi connectivity index (χ4n) is 3.33. The summed E-state index contributed by atoms with van der Waals surface area (Å²) in [6.45, 7) is 2.32. The smallest absolute Gasteiger partial charge is 0.252 e. The van der Waals surface area contributed by atoms with Crippen molar-refractivity contribution >= 4 is 16.8 Å². The molecule has 0 aliphatic carbocycles. The molecule has 2 aromatic carbocycles. The Morgan fingerprint density at radius 2 is 1.67 bits per heavy atom. The van der Waals surface area contributed by atoms with Crippen LogP contribution >= 0.6 is 0 Å². The molecule has 1 heterocycles. The van der Waals surface area contributed by atoms with Crippen molar-refractivity contribution in [3.05, 3.63) is 48.0 Å². The molecule has 0 saturated heterocycles. The minimum absolute atomic E-state index is 0.126. The fraction of sp³-hybridized carbons (Fsp3) is 0.304. The SMILES string of the molecule is COCC(C)NC(=O)c1cc(-c2cc(OC)c(OC)c(OC)c2)nc2ccccc12. The van der Waals surface area contributed by atoms with E-state index >= 15 is 0 Å². The van der Waals surface area contributed by atoms with Gasteiger partial charge in [0.25, 0.3) is 5.91 Å². The molecule has 7 heteroatoms. The second-order valence-electron chi connectivity index (χ2n) is 6.82. The first-order chi connectivity index (χ1) is 14.5. The standard InChI is InChI=1S/C23H26N2O5/c1-14(13-27-2)24-23(26)17-12-19(25-18-9-7-6-8-16(17)18)15-10-20(28-3)22(30-5)21(11-15)29-4/h6-12,14H,13H2,1-5H3,(H,24,26). The van der Waals surface area contributed by atoms with E-state index in [2.05, 4.69) is 5.32 Å². The number of carbonyl (C=O) groups is 1. The molecule has 0 aliphatic heterocycles. The normalized spacial score (nSPS) is 11.8. The van der Waals surface area contributed by atoms with E-state index in [4.69, 9.17) is 23.9 Å². The monoisotopic (exact) mass is 410 g/mol. The molecule has 1 aromatic heterocycles. The molecule has 7 nitrogen and oxygen atoms in total. The van der Waals surface area contributed by atoms with Crippen LogP contribution in [0.25, 0.3) is 22.2 Å². The first-order valence-electron chi connectivity index (χ1n) is 9.52. The molecule has 1 amide bonds. The van der Waals surface area contributed by atoms with Crippen LogP contribution in [0.3, 0.4) is 0 Å². The predicted molar refractivity (Wildman–Crippen MR) is 116 cm³/mol. The van der Waals surface area contributed by atoms with Crippen LogP contribution in [-0.4, -0.2) is 52.0 Å². The summed E-state index contributed by atoms with van der Waals surface area (Å²) in [5.74, 6) is 1.34. The minimum atomic E-state index is -0.188. The van der Waals surface area contributed by atoms with Crippen molar-refractivity contribution in [2.24, 2.45) is 0 Å². The number of hydrogen-bond acceptors (Lipinski definition) is 6. The summed E-state index contributed by atoms with van der Waals surface area (Å²) < 4.78 is 21.4. The maximum atomic E-state index is 13.0. The number of fused-ring (bicyclic) bond motifs is 1. The van der Waals surface area contributed by atoms with Crippen LogP contribution < -0.4 is 19.5 Å². The third kappa shape index (κ3) is 4.31. The molecule has 0 aliphatic rings. The molecule has 1 atom stereocenters. The number of methoxy groups -OCH3 is 4. The topological polar surface area (TPSA) is 78.9 Å². The van der Waals surface area contributed by atoms with E-state index in [1.54, 1.807) is 34.5 Å². The van der Waals surface area contributed by atoms with Crippen LogP contribution in [0.15, 0.2) is 42.5 Å². The Hall–Kier alpha value is -3.32. The molecule has 3 rings (SSSR count). The summed E-state index contributed by atoms with van der Waals surface area (Å²) in [6, 6.07) is 12.8. The zero-order chi connectivity index (χ0) is 21.7. The average Bonchev–Trinajstić information content (AvgIpc) is 2.77. The molecule has 0 saturated carbocycles. The number of amides is 1. The molecular formula is C23H26N2O5. The van der Waals surface area contributed by atoms with Crippen molar-refractivity contribution in [3.8, 4) is 28.5 Å². The summed E-state index contributed by atoms with van der Waals surface area (Å²) in [6.07, 6.45) is 0. The number of rotatable bonds is 8. The van der Waals surface area contributed by atoms with Crippen LogP contribution in [0.5, 0.6) is 17.2 Å². The zero-order valence-electron chi connectivity index (χ0n) is 17.8. The number of para-hydroxylation sites is 1.